The fraction of sp³-hybridized carbons (Fsp3) is 0.684. The third-order valence-corrected chi connectivity index (χ3v) is 5.58. The zero-order chi connectivity index (χ0) is 17.0. The van der Waals surface area contributed by atoms with Crippen LogP contribution in [0.1, 0.15) is 51.4 Å². The zero-order valence-electron chi connectivity index (χ0n) is 14.7. The van der Waals surface area contributed by atoms with Crippen LogP contribution >= 0.6 is 0 Å². The standard InChI is InChI=1S/C19H29N3O2/c1-21(18(23)14-19(24)10-4-2-5-11-19)16-8-7-13-22(15-16)17-9-3-6-12-20-17/h3,6,9,12,16,24H,2,4-5,7-8,10-11,13-15H2,1H3/t16-/m1/s1. The Morgan fingerprint density at radius 3 is 2.83 bits per heavy atom. The van der Waals surface area contributed by atoms with E-state index in [1.54, 1.807) is 0 Å². The number of hydrogen-bond donors (Lipinski definition) is 1. The van der Waals surface area contributed by atoms with E-state index in [0.717, 1.165) is 57.4 Å². The average molecular weight is 331 g/mol. The van der Waals surface area contributed by atoms with Gasteiger partial charge in [-0.25, -0.2) is 4.98 Å². The minimum Gasteiger partial charge on any atom is -0.389 e. The van der Waals surface area contributed by atoms with Crippen molar-refractivity contribution in [2.75, 3.05) is 25.0 Å². The van der Waals surface area contributed by atoms with Gasteiger partial charge in [0.2, 0.25) is 5.91 Å². The number of carbonyl (C=O) groups is 1. The summed E-state index contributed by atoms with van der Waals surface area (Å²) < 4.78 is 0. The lowest BCUT2D eigenvalue weighted by Gasteiger charge is -2.40. The van der Waals surface area contributed by atoms with E-state index in [2.05, 4.69) is 9.88 Å². The highest BCUT2D eigenvalue weighted by Gasteiger charge is 2.35. The molecule has 0 unspecified atom stereocenters. The van der Waals surface area contributed by atoms with Crippen LogP contribution in [0.4, 0.5) is 5.82 Å². The first-order chi connectivity index (χ1) is 11.6. The van der Waals surface area contributed by atoms with E-state index < -0.39 is 5.60 Å². The number of rotatable bonds is 4. The molecule has 3 rings (SSSR count). The molecule has 1 aliphatic carbocycles. The van der Waals surface area contributed by atoms with Crippen LogP contribution in [0.2, 0.25) is 0 Å². The summed E-state index contributed by atoms with van der Waals surface area (Å²) in [6, 6.07) is 6.14. The number of carbonyl (C=O) groups excluding carboxylic acids is 1. The fourth-order valence-corrected chi connectivity index (χ4v) is 4.02. The zero-order valence-corrected chi connectivity index (χ0v) is 14.7. The molecule has 1 saturated carbocycles. The number of piperidine rings is 1. The van der Waals surface area contributed by atoms with Crippen LogP contribution in [-0.4, -0.2) is 52.7 Å². The van der Waals surface area contributed by atoms with Crippen molar-refractivity contribution in [1.82, 2.24) is 9.88 Å². The molecule has 2 heterocycles. The van der Waals surface area contributed by atoms with Gasteiger partial charge in [-0.1, -0.05) is 25.3 Å². The van der Waals surface area contributed by atoms with Gasteiger partial charge in [-0.15, -0.1) is 0 Å². The summed E-state index contributed by atoms with van der Waals surface area (Å²) >= 11 is 0. The smallest absolute Gasteiger partial charge is 0.225 e. The Hall–Kier alpha value is -1.62. The predicted octanol–water partition coefficient (Wildman–Crippen LogP) is 2.59. The first-order valence-electron chi connectivity index (χ1n) is 9.21. The molecular formula is C19H29N3O2. The molecule has 0 bridgehead atoms. The molecule has 1 aromatic heterocycles. The first-order valence-corrected chi connectivity index (χ1v) is 9.21. The Kier molecular flexibility index (Phi) is 5.39. The lowest BCUT2D eigenvalue weighted by atomic mass is 9.82. The Morgan fingerprint density at radius 2 is 2.12 bits per heavy atom. The molecule has 5 heteroatoms. The van der Waals surface area contributed by atoms with Gasteiger partial charge in [0.1, 0.15) is 5.82 Å². The highest BCUT2D eigenvalue weighted by Crippen LogP contribution is 2.32. The number of aliphatic hydroxyl groups is 1. The van der Waals surface area contributed by atoms with Crippen molar-refractivity contribution in [3.05, 3.63) is 24.4 Å². The quantitative estimate of drug-likeness (QED) is 0.921. The molecule has 24 heavy (non-hydrogen) atoms. The number of hydrogen-bond acceptors (Lipinski definition) is 4. The molecule has 0 aromatic carbocycles. The number of anilines is 1. The predicted molar refractivity (Wildman–Crippen MR) is 94.9 cm³/mol. The Labute approximate surface area is 144 Å². The Morgan fingerprint density at radius 1 is 1.33 bits per heavy atom. The van der Waals surface area contributed by atoms with Crippen LogP contribution < -0.4 is 4.90 Å². The molecule has 1 aliphatic heterocycles. The average Bonchev–Trinajstić information content (AvgIpc) is 2.62. The van der Waals surface area contributed by atoms with Gasteiger partial charge >= 0.3 is 0 Å². The van der Waals surface area contributed by atoms with E-state index in [0.29, 0.717) is 0 Å². The molecule has 1 saturated heterocycles. The summed E-state index contributed by atoms with van der Waals surface area (Å²) in [6.07, 6.45) is 8.92. The molecule has 1 N–H and O–H groups in total. The van der Waals surface area contributed by atoms with Gasteiger partial charge in [0.25, 0.3) is 0 Å². The highest BCUT2D eigenvalue weighted by atomic mass is 16.3. The Balaban J connectivity index is 1.59. The fourth-order valence-electron chi connectivity index (χ4n) is 4.02. The number of likely N-dealkylation sites (N-methyl/N-ethyl adjacent to an activating group) is 1. The highest BCUT2D eigenvalue weighted by molar-refractivity contribution is 5.77. The second-order valence-electron chi connectivity index (χ2n) is 7.40. The van der Waals surface area contributed by atoms with Crippen molar-refractivity contribution in [2.24, 2.45) is 0 Å². The molecule has 5 nitrogen and oxygen atoms in total. The van der Waals surface area contributed by atoms with Gasteiger partial charge in [-0.2, -0.15) is 0 Å². The van der Waals surface area contributed by atoms with Gasteiger partial charge < -0.3 is 14.9 Å². The summed E-state index contributed by atoms with van der Waals surface area (Å²) in [5, 5.41) is 10.7. The second-order valence-corrected chi connectivity index (χ2v) is 7.40. The largest absolute Gasteiger partial charge is 0.389 e. The van der Waals surface area contributed by atoms with Crippen LogP contribution in [0.15, 0.2) is 24.4 Å². The molecule has 0 spiro atoms. The van der Waals surface area contributed by atoms with Crippen LogP contribution in [0, 0.1) is 0 Å². The van der Waals surface area contributed by atoms with Crippen molar-refractivity contribution in [3.8, 4) is 0 Å². The first kappa shape index (κ1) is 17.2. The van der Waals surface area contributed by atoms with E-state index in [1.165, 1.54) is 6.42 Å². The second kappa shape index (κ2) is 7.51. The molecule has 0 radical (unpaired) electrons. The molecule has 1 atom stereocenters. The summed E-state index contributed by atoms with van der Waals surface area (Å²) in [6.45, 7) is 1.80. The number of amides is 1. The maximum Gasteiger partial charge on any atom is 0.225 e. The number of aromatic nitrogens is 1. The van der Waals surface area contributed by atoms with Crippen LogP contribution in [0.25, 0.3) is 0 Å². The summed E-state index contributed by atoms with van der Waals surface area (Å²) in [5.41, 5.74) is -0.779. The number of pyridine rings is 1. The maximum atomic E-state index is 12.7. The monoisotopic (exact) mass is 331 g/mol. The van der Waals surface area contributed by atoms with Gasteiger partial charge in [-0.3, -0.25) is 4.79 Å². The van der Waals surface area contributed by atoms with E-state index in [4.69, 9.17) is 0 Å². The minimum atomic E-state index is -0.779. The van der Waals surface area contributed by atoms with Gasteiger partial charge in [0.05, 0.1) is 12.0 Å². The molecule has 132 valence electrons. The van der Waals surface area contributed by atoms with Gasteiger partial charge in [0.15, 0.2) is 0 Å². The molecule has 1 aromatic rings. The van der Waals surface area contributed by atoms with Crippen molar-refractivity contribution in [3.63, 3.8) is 0 Å². The van der Waals surface area contributed by atoms with Gasteiger partial charge in [0, 0.05) is 32.4 Å². The van der Waals surface area contributed by atoms with Gasteiger partial charge in [-0.05, 0) is 37.8 Å². The van der Waals surface area contributed by atoms with E-state index >= 15 is 0 Å². The summed E-state index contributed by atoms with van der Waals surface area (Å²) in [7, 11) is 1.89. The summed E-state index contributed by atoms with van der Waals surface area (Å²) in [5.74, 6) is 1.06. The third-order valence-electron chi connectivity index (χ3n) is 5.58. The van der Waals surface area contributed by atoms with Crippen molar-refractivity contribution in [2.45, 2.75) is 63.0 Å². The van der Waals surface area contributed by atoms with Crippen molar-refractivity contribution < 1.29 is 9.90 Å². The van der Waals surface area contributed by atoms with E-state index in [9.17, 15) is 9.90 Å². The number of nitrogens with zero attached hydrogens (tertiary/aromatic N) is 3. The van der Waals surface area contributed by atoms with Crippen molar-refractivity contribution in [1.29, 1.82) is 0 Å². The molecule has 1 amide bonds. The molecular weight excluding hydrogens is 302 g/mol. The normalized spacial score (nSPS) is 23.8. The maximum absolute atomic E-state index is 12.7. The van der Waals surface area contributed by atoms with Crippen molar-refractivity contribution >= 4 is 11.7 Å². The topological polar surface area (TPSA) is 56.7 Å². The van der Waals surface area contributed by atoms with E-state index in [1.807, 2.05) is 36.3 Å². The molecule has 2 aliphatic rings. The third kappa shape index (κ3) is 4.07. The van der Waals surface area contributed by atoms with Crippen LogP contribution in [0.3, 0.4) is 0 Å². The SMILES string of the molecule is CN(C(=O)CC1(O)CCCCC1)[C@@H]1CCCN(c2ccccn2)C1. The summed E-state index contributed by atoms with van der Waals surface area (Å²) in [4.78, 5) is 21.2. The van der Waals surface area contributed by atoms with Crippen LogP contribution in [0.5, 0.6) is 0 Å². The minimum absolute atomic E-state index is 0.0762. The lowest BCUT2D eigenvalue weighted by molar-refractivity contribution is -0.138. The van der Waals surface area contributed by atoms with Crippen LogP contribution in [-0.2, 0) is 4.79 Å². The molecule has 2 fully saturated rings. The van der Waals surface area contributed by atoms with E-state index in [-0.39, 0.29) is 18.4 Å². The Bertz CT molecular complexity index is 543. The lowest BCUT2D eigenvalue weighted by Crippen LogP contribution is -2.50.